The Kier molecular flexibility index (Phi) is 3.85. The predicted molar refractivity (Wildman–Crippen MR) is 77.9 cm³/mol. The monoisotopic (exact) mass is 258 g/mol. The molecule has 2 N–H and O–H groups in total. The first kappa shape index (κ1) is 12.7. The Bertz CT molecular complexity index is 499. The number of hydrogen-bond donors (Lipinski definition) is 1. The van der Waals surface area contributed by atoms with Gasteiger partial charge in [-0.2, -0.15) is 0 Å². The maximum Gasteiger partial charge on any atom is 0.134 e. The van der Waals surface area contributed by atoms with Crippen molar-refractivity contribution in [2.45, 2.75) is 25.8 Å². The maximum absolute atomic E-state index is 5.90. The molecule has 1 aliphatic rings. The average molecular weight is 258 g/mol. The van der Waals surface area contributed by atoms with Gasteiger partial charge in [0.15, 0.2) is 0 Å². The fourth-order valence-electron chi connectivity index (χ4n) is 3.10. The molecule has 1 atom stereocenters. The molecule has 3 rings (SSSR count). The summed E-state index contributed by atoms with van der Waals surface area (Å²) < 4.78 is 5.90. The van der Waals surface area contributed by atoms with Crippen LogP contribution in [-0.2, 0) is 6.54 Å². The van der Waals surface area contributed by atoms with Crippen molar-refractivity contribution in [3.05, 3.63) is 36.1 Å². The Morgan fingerprint density at radius 3 is 3.05 bits per heavy atom. The van der Waals surface area contributed by atoms with Crippen LogP contribution in [0.25, 0.3) is 11.0 Å². The molecular weight excluding hydrogens is 236 g/mol. The van der Waals surface area contributed by atoms with Crippen molar-refractivity contribution in [3.8, 4) is 0 Å². The van der Waals surface area contributed by atoms with Gasteiger partial charge in [-0.05, 0) is 50.4 Å². The van der Waals surface area contributed by atoms with Gasteiger partial charge in [0.1, 0.15) is 11.3 Å². The number of fused-ring (bicyclic) bond motifs is 1. The molecule has 1 unspecified atom stereocenters. The first-order valence-electron chi connectivity index (χ1n) is 7.25. The first-order chi connectivity index (χ1) is 9.35. The van der Waals surface area contributed by atoms with E-state index in [-0.39, 0.29) is 0 Å². The van der Waals surface area contributed by atoms with E-state index in [9.17, 15) is 0 Å². The van der Waals surface area contributed by atoms with Crippen LogP contribution in [0.3, 0.4) is 0 Å². The zero-order chi connectivity index (χ0) is 13.1. The Balaban J connectivity index is 1.67. The van der Waals surface area contributed by atoms with Crippen LogP contribution in [0.4, 0.5) is 0 Å². The van der Waals surface area contributed by atoms with Crippen LogP contribution >= 0.6 is 0 Å². The summed E-state index contributed by atoms with van der Waals surface area (Å²) in [5.74, 6) is 1.85. The highest BCUT2D eigenvalue weighted by Gasteiger charge is 2.20. The van der Waals surface area contributed by atoms with Crippen LogP contribution in [0, 0.1) is 5.92 Å². The van der Waals surface area contributed by atoms with Crippen molar-refractivity contribution in [2.24, 2.45) is 11.7 Å². The van der Waals surface area contributed by atoms with Crippen LogP contribution in [0.15, 0.2) is 34.7 Å². The van der Waals surface area contributed by atoms with Gasteiger partial charge in [-0.15, -0.1) is 0 Å². The second-order valence-electron chi connectivity index (χ2n) is 5.57. The second-order valence-corrected chi connectivity index (χ2v) is 5.57. The molecule has 3 heteroatoms. The fourth-order valence-corrected chi connectivity index (χ4v) is 3.10. The van der Waals surface area contributed by atoms with Gasteiger partial charge in [-0.25, -0.2) is 0 Å². The van der Waals surface area contributed by atoms with Crippen molar-refractivity contribution >= 4 is 11.0 Å². The van der Waals surface area contributed by atoms with Crippen molar-refractivity contribution in [1.29, 1.82) is 0 Å². The number of likely N-dealkylation sites (tertiary alicyclic amines) is 1. The van der Waals surface area contributed by atoms with E-state index in [2.05, 4.69) is 23.1 Å². The predicted octanol–water partition coefficient (Wildman–Crippen LogP) is 2.99. The topological polar surface area (TPSA) is 42.4 Å². The number of nitrogens with two attached hydrogens (primary N) is 1. The van der Waals surface area contributed by atoms with Crippen LogP contribution < -0.4 is 5.73 Å². The molecule has 0 bridgehead atoms. The smallest absolute Gasteiger partial charge is 0.134 e. The summed E-state index contributed by atoms with van der Waals surface area (Å²) >= 11 is 0. The van der Waals surface area contributed by atoms with Crippen molar-refractivity contribution < 1.29 is 4.42 Å². The molecule has 0 radical (unpaired) electrons. The molecule has 0 aliphatic carbocycles. The average Bonchev–Trinajstić information content (AvgIpc) is 2.81. The van der Waals surface area contributed by atoms with Crippen molar-refractivity contribution in [3.63, 3.8) is 0 Å². The Morgan fingerprint density at radius 2 is 2.21 bits per heavy atom. The minimum absolute atomic E-state index is 0.767. The largest absolute Gasteiger partial charge is 0.460 e. The normalized spacial score (nSPS) is 21.0. The molecule has 2 aromatic rings. The quantitative estimate of drug-likeness (QED) is 0.916. The fraction of sp³-hybridized carbons (Fsp3) is 0.500. The lowest BCUT2D eigenvalue weighted by atomic mass is 9.95. The number of hydrogen-bond acceptors (Lipinski definition) is 3. The summed E-state index contributed by atoms with van der Waals surface area (Å²) in [4.78, 5) is 2.50. The summed E-state index contributed by atoms with van der Waals surface area (Å²) in [6.45, 7) is 4.07. The van der Waals surface area contributed by atoms with E-state index in [1.807, 2.05) is 12.1 Å². The van der Waals surface area contributed by atoms with Gasteiger partial charge >= 0.3 is 0 Å². The third-order valence-corrected chi connectivity index (χ3v) is 4.03. The van der Waals surface area contributed by atoms with E-state index in [1.54, 1.807) is 0 Å². The van der Waals surface area contributed by atoms with Gasteiger partial charge in [0.25, 0.3) is 0 Å². The summed E-state index contributed by atoms with van der Waals surface area (Å²) in [5, 5.41) is 1.20. The lowest BCUT2D eigenvalue weighted by Gasteiger charge is -2.31. The highest BCUT2D eigenvalue weighted by atomic mass is 16.3. The first-order valence-corrected chi connectivity index (χ1v) is 7.25. The standard InChI is InChI=1S/C16H22N2O/c17-8-7-13-4-3-9-18(11-13)12-15-10-14-5-1-2-6-16(14)19-15/h1-2,5-6,10,13H,3-4,7-9,11-12,17H2. The molecular formula is C16H22N2O. The number of piperidine rings is 1. The SMILES string of the molecule is NCCC1CCCN(Cc2cc3ccccc3o2)C1. The molecule has 0 saturated carbocycles. The molecule has 19 heavy (non-hydrogen) atoms. The van der Waals surface area contributed by atoms with E-state index < -0.39 is 0 Å². The van der Waals surface area contributed by atoms with Crippen molar-refractivity contribution in [2.75, 3.05) is 19.6 Å². The van der Waals surface area contributed by atoms with Gasteiger partial charge < -0.3 is 10.2 Å². The van der Waals surface area contributed by atoms with E-state index in [0.29, 0.717) is 0 Å². The third kappa shape index (κ3) is 2.99. The van der Waals surface area contributed by atoms with Crippen LogP contribution in [0.5, 0.6) is 0 Å². The zero-order valence-corrected chi connectivity index (χ0v) is 11.3. The molecule has 1 aromatic carbocycles. The van der Waals surface area contributed by atoms with Gasteiger partial charge in [0, 0.05) is 11.9 Å². The number of rotatable bonds is 4. The molecule has 3 nitrogen and oxygen atoms in total. The van der Waals surface area contributed by atoms with Crippen molar-refractivity contribution in [1.82, 2.24) is 4.90 Å². The molecule has 0 amide bonds. The van der Waals surface area contributed by atoms with Crippen LogP contribution in [0.1, 0.15) is 25.0 Å². The van der Waals surface area contributed by atoms with E-state index in [1.165, 1.54) is 24.8 Å². The van der Waals surface area contributed by atoms with Gasteiger partial charge in [-0.1, -0.05) is 18.2 Å². The highest BCUT2D eigenvalue weighted by Crippen LogP contribution is 2.24. The molecule has 1 saturated heterocycles. The van der Waals surface area contributed by atoms with Gasteiger partial charge in [0.2, 0.25) is 0 Å². The van der Waals surface area contributed by atoms with E-state index in [0.717, 1.165) is 43.3 Å². The molecule has 0 spiro atoms. The molecule has 102 valence electrons. The number of furan rings is 1. The Labute approximate surface area is 114 Å². The summed E-state index contributed by atoms with van der Waals surface area (Å²) in [7, 11) is 0. The van der Waals surface area contributed by atoms with Crippen LogP contribution in [0.2, 0.25) is 0 Å². The number of nitrogens with zero attached hydrogens (tertiary/aromatic N) is 1. The highest BCUT2D eigenvalue weighted by molar-refractivity contribution is 5.77. The minimum atomic E-state index is 0.767. The molecule has 1 aliphatic heterocycles. The summed E-state index contributed by atoms with van der Waals surface area (Å²) in [6.07, 6.45) is 3.76. The van der Waals surface area contributed by atoms with Crippen LogP contribution in [-0.4, -0.2) is 24.5 Å². The summed E-state index contributed by atoms with van der Waals surface area (Å²) in [6, 6.07) is 10.4. The van der Waals surface area contributed by atoms with Gasteiger partial charge in [-0.3, -0.25) is 4.90 Å². The molecule has 2 heterocycles. The minimum Gasteiger partial charge on any atom is -0.460 e. The summed E-state index contributed by atoms with van der Waals surface area (Å²) in [5.41, 5.74) is 6.66. The molecule has 1 aromatic heterocycles. The number of para-hydroxylation sites is 1. The number of benzene rings is 1. The Hall–Kier alpha value is -1.32. The Morgan fingerprint density at radius 1 is 1.32 bits per heavy atom. The van der Waals surface area contributed by atoms with Gasteiger partial charge in [0.05, 0.1) is 6.54 Å². The molecule has 1 fully saturated rings. The maximum atomic E-state index is 5.90. The van der Waals surface area contributed by atoms with E-state index in [4.69, 9.17) is 10.2 Å². The second kappa shape index (κ2) is 5.76. The van der Waals surface area contributed by atoms with E-state index >= 15 is 0 Å². The zero-order valence-electron chi connectivity index (χ0n) is 11.3. The third-order valence-electron chi connectivity index (χ3n) is 4.03. The lowest BCUT2D eigenvalue weighted by molar-refractivity contribution is 0.154. The lowest BCUT2D eigenvalue weighted by Crippen LogP contribution is -2.35.